The summed E-state index contributed by atoms with van der Waals surface area (Å²) in [6.07, 6.45) is 7.72. The SMILES string of the molecule is CC1CCN/C(=C\c2ccccn2)CC1. The van der Waals surface area contributed by atoms with Crippen molar-refractivity contribution in [1.82, 2.24) is 10.3 Å². The molecular weight excluding hydrogens is 184 g/mol. The lowest BCUT2D eigenvalue weighted by Crippen LogP contribution is -2.12. The Morgan fingerprint density at radius 2 is 2.33 bits per heavy atom. The highest BCUT2D eigenvalue weighted by molar-refractivity contribution is 5.47. The molecule has 1 atom stereocenters. The molecule has 0 saturated carbocycles. The molecule has 2 nitrogen and oxygen atoms in total. The molecule has 0 aromatic carbocycles. The topological polar surface area (TPSA) is 24.9 Å². The molecule has 1 saturated heterocycles. The predicted octanol–water partition coefficient (Wildman–Crippen LogP) is 2.83. The summed E-state index contributed by atoms with van der Waals surface area (Å²) in [6, 6.07) is 6.02. The summed E-state index contributed by atoms with van der Waals surface area (Å²) in [4.78, 5) is 4.31. The molecule has 1 fully saturated rings. The summed E-state index contributed by atoms with van der Waals surface area (Å²) in [5.41, 5.74) is 2.38. The normalized spacial score (nSPS) is 24.6. The molecule has 2 heteroatoms. The molecule has 0 aliphatic carbocycles. The fourth-order valence-corrected chi connectivity index (χ4v) is 1.88. The van der Waals surface area contributed by atoms with Crippen molar-refractivity contribution < 1.29 is 0 Å². The molecular formula is C13H18N2. The molecule has 15 heavy (non-hydrogen) atoms. The molecule has 1 aromatic rings. The van der Waals surface area contributed by atoms with E-state index in [9.17, 15) is 0 Å². The van der Waals surface area contributed by atoms with E-state index in [1.807, 2.05) is 24.4 Å². The summed E-state index contributed by atoms with van der Waals surface area (Å²) >= 11 is 0. The molecule has 2 rings (SSSR count). The van der Waals surface area contributed by atoms with Gasteiger partial charge in [0.1, 0.15) is 0 Å². The van der Waals surface area contributed by atoms with Crippen LogP contribution in [0, 0.1) is 5.92 Å². The molecule has 0 radical (unpaired) electrons. The Hall–Kier alpha value is -1.31. The van der Waals surface area contributed by atoms with Gasteiger partial charge in [0.05, 0.1) is 5.69 Å². The second-order valence-electron chi connectivity index (χ2n) is 4.28. The number of nitrogens with zero attached hydrogens (tertiary/aromatic N) is 1. The van der Waals surface area contributed by atoms with Crippen molar-refractivity contribution in [3.05, 3.63) is 35.8 Å². The third-order valence-corrected chi connectivity index (χ3v) is 2.91. The van der Waals surface area contributed by atoms with E-state index in [1.165, 1.54) is 18.5 Å². The highest BCUT2D eigenvalue weighted by atomic mass is 14.9. The van der Waals surface area contributed by atoms with Gasteiger partial charge in [-0.05, 0) is 43.4 Å². The van der Waals surface area contributed by atoms with Crippen molar-refractivity contribution in [2.45, 2.75) is 26.2 Å². The summed E-state index contributed by atoms with van der Waals surface area (Å²) in [7, 11) is 0. The van der Waals surface area contributed by atoms with Crippen molar-refractivity contribution in [3.8, 4) is 0 Å². The molecule has 1 unspecified atom stereocenters. The van der Waals surface area contributed by atoms with Crippen molar-refractivity contribution in [3.63, 3.8) is 0 Å². The maximum atomic E-state index is 4.31. The molecule has 0 bridgehead atoms. The van der Waals surface area contributed by atoms with Crippen LogP contribution >= 0.6 is 0 Å². The van der Waals surface area contributed by atoms with Gasteiger partial charge in [0.25, 0.3) is 0 Å². The first-order valence-electron chi connectivity index (χ1n) is 5.70. The fraction of sp³-hybridized carbons (Fsp3) is 0.462. The van der Waals surface area contributed by atoms with Gasteiger partial charge in [0, 0.05) is 18.4 Å². The number of allylic oxidation sites excluding steroid dienone is 1. The summed E-state index contributed by atoms with van der Waals surface area (Å²) < 4.78 is 0. The van der Waals surface area contributed by atoms with E-state index >= 15 is 0 Å². The summed E-state index contributed by atoms with van der Waals surface area (Å²) in [5.74, 6) is 0.840. The first-order valence-corrected chi connectivity index (χ1v) is 5.70. The molecule has 1 N–H and O–H groups in total. The van der Waals surface area contributed by atoms with Crippen LogP contribution in [0.3, 0.4) is 0 Å². The van der Waals surface area contributed by atoms with E-state index in [0.29, 0.717) is 0 Å². The molecule has 1 aliphatic rings. The first-order chi connectivity index (χ1) is 7.34. The minimum Gasteiger partial charge on any atom is -0.388 e. The third-order valence-electron chi connectivity index (χ3n) is 2.91. The quantitative estimate of drug-likeness (QED) is 0.757. The zero-order chi connectivity index (χ0) is 10.5. The van der Waals surface area contributed by atoms with Gasteiger partial charge in [-0.15, -0.1) is 0 Å². The van der Waals surface area contributed by atoms with Crippen LogP contribution in [0.1, 0.15) is 31.9 Å². The Labute approximate surface area is 91.4 Å². The number of nitrogens with one attached hydrogen (secondary N) is 1. The number of pyridine rings is 1. The minimum absolute atomic E-state index is 0.840. The zero-order valence-corrected chi connectivity index (χ0v) is 9.24. The minimum atomic E-state index is 0.840. The van der Waals surface area contributed by atoms with Gasteiger partial charge in [-0.25, -0.2) is 0 Å². The average molecular weight is 202 g/mol. The lowest BCUT2D eigenvalue weighted by Gasteiger charge is -2.05. The van der Waals surface area contributed by atoms with Crippen LogP contribution in [0.15, 0.2) is 30.1 Å². The van der Waals surface area contributed by atoms with E-state index in [1.54, 1.807) is 0 Å². The van der Waals surface area contributed by atoms with Gasteiger partial charge in [0.2, 0.25) is 0 Å². The second kappa shape index (κ2) is 4.96. The van der Waals surface area contributed by atoms with E-state index < -0.39 is 0 Å². The maximum absolute atomic E-state index is 4.31. The molecule has 1 aromatic heterocycles. The van der Waals surface area contributed by atoms with E-state index in [2.05, 4.69) is 23.3 Å². The van der Waals surface area contributed by atoms with Gasteiger partial charge in [0.15, 0.2) is 0 Å². The lowest BCUT2D eigenvalue weighted by atomic mass is 10.0. The smallest absolute Gasteiger partial charge is 0.0646 e. The van der Waals surface area contributed by atoms with Crippen LogP contribution < -0.4 is 5.32 Å². The maximum Gasteiger partial charge on any atom is 0.0646 e. The Bertz CT molecular complexity index is 330. The van der Waals surface area contributed by atoms with Crippen LogP contribution in [0.5, 0.6) is 0 Å². The van der Waals surface area contributed by atoms with Crippen LogP contribution in [0.4, 0.5) is 0 Å². The second-order valence-corrected chi connectivity index (χ2v) is 4.28. The van der Waals surface area contributed by atoms with Crippen molar-refractivity contribution in [1.29, 1.82) is 0 Å². The number of hydrogen-bond acceptors (Lipinski definition) is 2. The van der Waals surface area contributed by atoms with Crippen molar-refractivity contribution in [2.24, 2.45) is 5.92 Å². The summed E-state index contributed by atoms with van der Waals surface area (Å²) in [6.45, 7) is 3.42. The van der Waals surface area contributed by atoms with E-state index in [0.717, 1.165) is 24.6 Å². The van der Waals surface area contributed by atoms with Crippen LogP contribution in [-0.2, 0) is 0 Å². The molecule has 2 heterocycles. The number of hydrogen-bond donors (Lipinski definition) is 1. The molecule has 1 aliphatic heterocycles. The first kappa shape index (κ1) is 10.2. The third kappa shape index (κ3) is 3.08. The van der Waals surface area contributed by atoms with E-state index in [4.69, 9.17) is 0 Å². The van der Waals surface area contributed by atoms with E-state index in [-0.39, 0.29) is 0 Å². The standard InChI is InChI=1S/C13H18N2/c1-11-5-6-13(15-9-7-11)10-12-4-2-3-8-14-12/h2-4,8,10-11,15H,5-7,9H2,1H3/b13-10-. The van der Waals surface area contributed by atoms with Crippen LogP contribution in [0.2, 0.25) is 0 Å². The Kier molecular flexibility index (Phi) is 3.38. The van der Waals surface area contributed by atoms with Gasteiger partial charge in [-0.3, -0.25) is 4.98 Å². The number of rotatable bonds is 1. The largest absolute Gasteiger partial charge is 0.388 e. The Balaban J connectivity index is 2.06. The van der Waals surface area contributed by atoms with Gasteiger partial charge < -0.3 is 5.32 Å². The number of aromatic nitrogens is 1. The highest BCUT2D eigenvalue weighted by Gasteiger charge is 2.09. The van der Waals surface area contributed by atoms with Crippen LogP contribution in [-0.4, -0.2) is 11.5 Å². The fourth-order valence-electron chi connectivity index (χ4n) is 1.88. The van der Waals surface area contributed by atoms with Gasteiger partial charge >= 0.3 is 0 Å². The highest BCUT2D eigenvalue weighted by Crippen LogP contribution is 2.18. The lowest BCUT2D eigenvalue weighted by molar-refractivity contribution is 0.520. The van der Waals surface area contributed by atoms with Crippen LogP contribution in [0.25, 0.3) is 6.08 Å². The average Bonchev–Trinajstić information content (AvgIpc) is 2.46. The van der Waals surface area contributed by atoms with Gasteiger partial charge in [-0.1, -0.05) is 13.0 Å². The monoisotopic (exact) mass is 202 g/mol. The summed E-state index contributed by atoms with van der Waals surface area (Å²) in [5, 5.41) is 3.48. The Morgan fingerprint density at radius 3 is 3.13 bits per heavy atom. The molecule has 0 spiro atoms. The predicted molar refractivity (Wildman–Crippen MR) is 63.2 cm³/mol. The zero-order valence-electron chi connectivity index (χ0n) is 9.24. The molecule has 0 amide bonds. The van der Waals surface area contributed by atoms with Gasteiger partial charge in [-0.2, -0.15) is 0 Å². The van der Waals surface area contributed by atoms with Crippen molar-refractivity contribution in [2.75, 3.05) is 6.54 Å². The van der Waals surface area contributed by atoms with Crippen molar-refractivity contribution >= 4 is 6.08 Å². The molecule has 80 valence electrons. The Morgan fingerprint density at radius 1 is 1.40 bits per heavy atom.